The van der Waals surface area contributed by atoms with E-state index >= 15 is 0 Å². The van der Waals surface area contributed by atoms with Crippen LogP contribution in [0.25, 0.3) is 0 Å². The molecule has 3 atom stereocenters. The zero-order valence-corrected chi connectivity index (χ0v) is 11.8. The van der Waals surface area contributed by atoms with Crippen LogP contribution < -0.4 is 4.74 Å². The van der Waals surface area contributed by atoms with E-state index in [0.29, 0.717) is 11.8 Å². The highest BCUT2D eigenvalue weighted by atomic mass is 16.5. The maximum absolute atomic E-state index is 10.3. The van der Waals surface area contributed by atoms with Crippen LogP contribution in [0.1, 0.15) is 45.1 Å². The van der Waals surface area contributed by atoms with Crippen LogP contribution >= 0.6 is 0 Å². The molecule has 2 nitrogen and oxygen atoms in total. The number of methoxy groups -OCH3 is 1. The highest BCUT2D eigenvalue weighted by Gasteiger charge is 2.57. The molecule has 1 aliphatic rings. The minimum atomic E-state index is -0.167. The predicted molar refractivity (Wildman–Crippen MR) is 73.9 cm³/mol. The van der Waals surface area contributed by atoms with Crippen molar-refractivity contribution in [2.75, 3.05) is 7.11 Å². The fraction of sp³-hybridized carbons (Fsp3) is 0.625. The van der Waals surface area contributed by atoms with Crippen molar-refractivity contribution in [1.82, 2.24) is 0 Å². The van der Waals surface area contributed by atoms with E-state index in [1.165, 1.54) is 5.56 Å². The Bertz CT molecular complexity index is 392. The molecular weight excluding hydrogens is 224 g/mol. The van der Waals surface area contributed by atoms with Crippen LogP contribution in [0.5, 0.6) is 5.75 Å². The molecule has 1 aromatic rings. The van der Waals surface area contributed by atoms with Gasteiger partial charge in [-0.05, 0) is 42.4 Å². The first-order valence-electron chi connectivity index (χ1n) is 6.92. The summed E-state index contributed by atoms with van der Waals surface area (Å²) in [6.45, 7) is 6.54. The lowest BCUT2D eigenvalue weighted by molar-refractivity contribution is -0.142. The average molecular weight is 248 g/mol. The Kier molecular flexibility index (Phi) is 3.67. The van der Waals surface area contributed by atoms with Crippen LogP contribution in [0.3, 0.4) is 0 Å². The van der Waals surface area contributed by atoms with E-state index in [9.17, 15) is 5.11 Å². The molecule has 2 rings (SSSR count). The van der Waals surface area contributed by atoms with Gasteiger partial charge in [0.2, 0.25) is 0 Å². The molecule has 0 heterocycles. The third-order valence-corrected chi connectivity index (χ3v) is 5.02. The Morgan fingerprint density at radius 2 is 1.72 bits per heavy atom. The van der Waals surface area contributed by atoms with Gasteiger partial charge in [-0.1, -0.05) is 32.9 Å². The summed E-state index contributed by atoms with van der Waals surface area (Å²) in [6.07, 6.45) is 1.90. The molecule has 0 aliphatic heterocycles. The number of hydrogen-bond donors (Lipinski definition) is 1. The lowest BCUT2D eigenvalue weighted by atomic mass is 9.48. The second kappa shape index (κ2) is 4.93. The van der Waals surface area contributed by atoms with Gasteiger partial charge in [0.25, 0.3) is 0 Å². The van der Waals surface area contributed by atoms with Crippen molar-refractivity contribution in [1.29, 1.82) is 0 Å². The van der Waals surface area contributed by atoms with Crippen molar-refractivity contribution >= 4 is 0 Å². The summed E-state index contributed by atoms with van der Waals surface area (Å²) in [4.78, 5) is 0. The van der Waals surface area contributed by atoms with Crippen LogP contribution in [-0.4, -0.2) is 18.3 Å². The highest BCUT2D eigenvalue weighted by Crippen LogP contribution is 2.60. The number of hydrogen-bond acceptors (Lipinski definition) is 2. The van der Waals surface area contributed by atoms with E-state index < -0.39 is 0 Å². The fourth-order valence-electron chi connectivity index (χ4n) is 3.85. The summed E-state index contributed by atoms with van der Waals surface area (Å²) >= 11 is 0. The van der Waals surface area contributed by atoms with E-state index in [0.717, 1.165) is 18.6 Å². The molecule has 1 saturated carbocycles. The second-order valence-corrected chi connectivity index (χ2v) is 5.50. The first-order valence-corrected chi connectivity index (χ1v) is 6.92. The van der Waals surface area contributed by atoms with Crippen LogP contribution in [0.4, 0.5) is 0 Å². The highest BCUT2D eigenvalue weighted by molar-refractivity contribution is 5.34. The summed E-state index contributed by atoms with van der Waals surface area (Å²) < 4.78 is 5.20. The van der Waals surface area contributed by atoms with Crippen molar-refractivity contribution in [3.05, 3.63) is 29.8 Å². The van der Waals surface area contributed by atoms with Crippen molar-refractivity contribution in [3.8, 4) is 5.75 Å². The molecule has 0 radical (unpaired) electrons. The molecule has 3 unspecified atom stereocenters. The van der Waals surface area contributed by atoms with E-state index in [-0.39, 0.29) is 11.5 Å². The van der Waals surface area contributed by atoms with Gasteiger partial charge >= 0.3 is 0 Å². The molecule has 1 fully saturated rings. The molecule has 1 aromatic carbocycles. The van der Waals surface area contributed by atoms with Gasteiger partial charge in [0.15, 0.2) is 0 Å². The topological polar surface area (TPSA) is 29.5 Å². The molecule has 1 N–H and O–H groups in total. The van der Waals surface area contributed by atoms with Gasteiger partial charge in [-0.2, -0.15) is 0 Å². The molecule has 100 valence electrons. The summed E-state index contributed by atoms with van der Waals surface area (Å²) in [7, 11) is 1.69. The molecule has 0 bridgehead atoms. The van der Waals surface area contributed by atoms with Gasteiger partial charge in [-0.15, -0.1) is 0 Å². The zero-order valence-electron chi connectivity index (χ0n) is 11.8. The van der Waals surface area contributed by atoms with Gasteiger partial charge < -0.3 is 9.84 Å². The van der Waals surface area contributed by atoms with Crippen LogP contribution in [-0.2, 0) is 0 Å². The number of benzene rings is 1. The van der Waals surface area contributed by atoms with E-state index in [2.05, 4.69) is 32.9 Å². The fourth-order valence-corrected chi connectivity index (χ4v) is 3.85. The number of rotatable bonds is 4. The third-order valence-electron chi connectivity index (χ3n) is 5.02. The Hall–Kier alpha value is -1.02. The van der Waals surface area contributed by atoms with Gasteiger partial charge in [0, 0.05) is 5.41 Å². The van der Waals surface area contributed by atoms with Crippen molar-refractivity contribution < 1.29 is 9.84 Å². The predicted octanol–water partition coefficient (Wildman–Crippen LogP) is 3.60. The summed E-state index contributed by atoms with van der Waals surface area (Å²) in [5.74, 6) is 1.71. The first kappa shape index (κ1) is 13.4. The minimum Gasteiger partial charge on any atom is -0.497 e. The Morgan fingerprint density at radius 1 is 1.17 bits per heavy atom. The molecule has 0 spiro atoms. The van der Waals surface area contributed by atoms with E-state index in [4.69, 9.17) is 4.74 Å². The smallest absolute Gasteiger partial charge is 0.118 e. The third kappa shape index (κ3) is 1.74. The van der Waals surface area contributed by atoms with Gasteiger partial charge in [0.05, 0.1) is 13.2 Å². The standard InChI is InChI=1S/C16H24O2/c1-5-16(6-2)14(11(3)15(16)17)12-7-9-13(18-4)10-8-12/h7-11,14-15,17H,5-6H2,1-4H3. The Balaban J connectivity index is 2.30. The molecule has 0 saturated heterocycles. The minimum absolute atomic E-state index is 0.0635. The molecule has 1 aliphatic carbocycles. The molecule has 18 heavy (non-hydrogen) atoms. The van der Waals surface area contributed by atoms with Crippen LogP contribution in [0.2, 0.25) is 0 Å². The molecule has 0 aromatic heterocycles. The molecular formula is C16H24O2. The maximum Gasteiger partial charge on any atom is 0.118 e. The van der Waals surface area contributed by atoms with Gasteiger partial charge in [-0.25, -0.2) is 0 Å². The summed E-state index contributed by atoms with van der Waals surface area (Å²) in [5.41, 5.74) is 1.39. The van der Waals surface area contributed by atoms with Crippen molar-refractivity contribution in [2.45, 2.75) is 45.6 Å². The number of aliphatic hydroxyl groups excluding tert-OH is 1. The Labute approximate surface area is 110 Å². The van der Waals surface area contributed by atoms with E-state index in [1.54, 1.807) is 7.11 Å². The van der Waals surface area contributed by atoms with Crippen molar-refractivity contribution in [2.24, 2.45) is 11.3 Å². The maximum atomic E-state index is 10.3. The number of aliphatic hydroxyl groups is 1. The quantitative estimate of drug-likeness (QED) is 0.882. The number of ether oxygens (including phenoxy) is 1. The molecule has 0 amide bonds. The zero-order chi connectivity index (χ0) is 13.3. The lowest BCUT2D eigenvalue weighted by Gasteiger charge is -2.58. The van der Waals surface area contributed by atoms with Crippen LogP contribution in [0, 0.1) is 11.3 Å². The average Bonchev–Trinajstić information content (AvgIpc) is 2.43. The van der Waals surface area contributed by atoms with Gasteiger partial charge in [0.1, 0.15) is 5.75 Å². The Morgan fingerprint density at radius 3 is 2.17 bits per heavy atom. The van der Waals surface area contributed by atoms with Crippen LogP contribution in [0.15, 0.2) is 24.3 Å². The lowest BCUT2D eigenvalue weighted by Crippen LogP contribution is -2.57. The summed E-state index contributed by atoms with van der Waals surface area (Å²) in [6, 6.07) is 8.32. The largest absolute Gasteiger partial charge is 0.497 e. The summed E-state index contributed by atoms with van der Waals surface area (Å²) in [5, 5.41) is 10.3. The van der Waals surface area contributed by atoms with Gasteiger partial charge in [-0.3, -0.25) is 0 Å². The second-order valence-electron chi connectivity index (χ2n) is 5.50. The first-order chi connectivity index (χ1) is 8.60. The SMILES string of the molecule is CCC1(CC)C(O)C(C)C1c1ccc(OC)cc1. The van der Waals surface area contributed by atoms with E-state index in [1.807, 2.05) is 12.1 Å². The monoisotopic (exact) mass is 248 g/mol. The normalized spacial score (nSPS) is 29.7. The molecule has 2 heteroatoms. The van der Waals surface area contributed by atoms with Crippen molar-refractivity contribution in [3.63, 3.8) is 0 Å².